The van der Waals surface area contributed by atoms with E-state index in [0.717, 1.165) is 30.9 Å². The molecule has 0 atom stereocenters. The van der Waals surface area contributed by atoms with E-state index in [1.807, 2.05) is 6.92 Å². The third-order valence-electron chi connectivity index (χ3n) is 1.88. The van der Waals surface area contributed by atoms with Crippen molar-refractivity contribution in [2.75, 3.05) is 6.61 Å². The summed E-state index contributed by atoms with van der Waals surface area (Å²) in [5, 5.41) is 3.65. The zero-order valence-corrected chi connectivity index (χ0v) is 8.79. The summed E-state index contributed by atoms with van der Waals surface area (Å²) in [7, 11) is 0. The van der Waals surface area contributed by atoms with Crippen LogP contribution in [0.25, 0.3) is 0 Å². The van der Waals surface area contributed by atoms with Crippen molar-refractivity contribution in [2.24, 2.45) is 5.16 Å². The second-order valence-corrected chi connectivity index (χ2v) is 3.27. The summed E-state index contributed by atoms with van der Waals surface area (Å²) in [6.45, 7) is 2.75. The van der Waals surface area contributed by atoms with Gasteiger partial charge in [-0.3, -0.25) is 0 Å². The van der Waals surface area contributed by atoms with E-state index in [-0.39, 0.29) is 0 Å². The van der Waals surface area contributed by atoms with E-state index in [1.54, 1.807) is 6.07 Å². The molecule has 16 heavy (non-hydrogen) atoms. The van der Waals surface area contributed by atoms with Crippen LogP contribution < -0.4 is 0 Å². The van der Waals surface area contributed by atoms with Crippen LogP contribution in [-0.4, -0.2) is 12.3 Å². The van der Waals surface area contributed by atoms with Gasteiger partial charge in [-0.25, -0.2) is 0 Å². The molecule has 1 aliphatic rings. The van der Waals surface area contributed by atoms with Gasteiger partial charge in [0.15, 0.2) is 0 Å². The molecule has 0 radical (unpaired) electrons. The lowest BCUT2D eigenvalue weighted by atomic mass is 10.2. The second kappa shape index (κ2) is 5.53. The first-order valence-corrected chi connectivity index (χ1v) is 4.78. The molecule has 1 aliphatic heterocycles. The summed E-state index contributed by atoms with van der Waals surface area (Å²) in [4.78, 5) is 4.64. The highest BCUT2D eigenvalue weighted by atomic mass is 19.4. The zero-order chi connectivity index (χ0) is 12.0. The van der Waals surface area contributed by atoms with Gasteiger partial charge in [-0.15, -0.1) is 0 Å². The SMILES string of the molecule is CC1=NOCC1.FC(F)(F)c1ccccc1. The Labute approximate surface area is 91.7 Å². The Morgan fingerprint density at radius 2 is 1.81 bits per heavy atom. The largest absolute Gasteiger partial charge is 0.416 e. The smallest absolute Gasteiger partial charge is 0.395 e. The van der Waals surface area contributed by atoms with Crippen molar-refractivity contribution in [2.45, 2.75) is 19.5 Å². The Bertz CT molecular complexity index is 346. The van der Waals surface area contributed by atoms with Crippen LogP contribution >= 0.6 is 0 Å². The number of nitrogens with zero attached hydrogens (tertiary/aromatic N) is 1. The number of rotatable bonds is 0. The molecule has 0 amide bonds. The molecule has 0 saturated heterocycles. The van der Waals surface area contributed by atoms with Crippen LogP contribution in [0.2, 0.25) is 0 Å². The maximum atomic E-state index is 11.8. The average Bonchev–Trinajstić information content (AvgIpc) is 2.70. The lowest BCUT2D eigenvalue weighted by Crippen LogP contribution is -2.03. The minimum atomic E-state index is -4.21. The summed E-state index contributed by atoms with van der Waals surface area (Å²) in [5.74, 6) is 0. The lowest BCUT2D eigenvalue weighted by molar-refractivity contribution is -0.137. The highest BCUT2D eigenvalue weighted by Gasteiger charge is 2.29. The van der Waals surface area contributed by atoms with Crippen molar-refractivity contribution in [3.8, 4) is 0 Å². The molecule has 0 aromatic heterocycles. The van der Waals surface area contributed by atoms with Gasteiger partial charge in [0.2, 0.25) is 0 Å². The van der Waals surface area contributed by atoms with Gasteiger partial charge in [0.05, 0.1) is 11.3 Å². The summed E-state index contributed by atoms with van der Waals surface area (Å²) in [6.07, 6.45) is -3.19. The molecule has 0 fully saturated rings. The van der Waals surface area contributed by atoms with E-state index in [0.29, 0.717) is 0 Å². The molecule has 1 aromatic carbocycles. The van der Waals surface area contributed by atoms with Gasteiger partial charge in [0.25, 0.3) is 0 Å². The monoisotopic (exact) mass is 231 g/mol. The average molecular weight is 231 g/mol. The van der Waals surface area contributed by atoms with Crippen LogP contribution in [0.3, 0.4) is 0 Å². The number of hydrogen-bond acceptors (Lipinski definition) is 2. The third kappa shape index (κ3) is 4.33. The molecule has 0 spiro atoms. The van der Waals surface area contributed by atoms with Crippen molar-refractivity contribution >= 4 is 5.71 Å². The van der Waals surface area contributed by atoms with Crippen molar-refractivity contribution < 1.29 is 18.0 Å². The molecule has 0 aliphatic carbocycles. The van der Waals surface area contributed by atoms with Crippen LogP contribution in [0.5, 0.6) is 0 Å². The Balaban J connectivity index is 0.000000181. The summed E-state index contributed by atoms with van der Waals surface area (Å²) in [5.41, 5.74) is 0.505. The molecule has 0 saturated carbocycles. The first kappa shape index (κ1) is 12.5. The van der Waals surface area contributed by atoms with E-state index in [4.69, 9.17) is 0 Å². The molecule has 2 nitrogen and oxygen atoms in total. The van der Waals surface area contributed by atoms with Crippen LogP contribution in [0.15, 0.2) is 35.5 Å². The fourth-order valence-electron chi connectivity index (χ4n) is 1.02. The van der Waals surface area contributed by atoms with Gasteiger partial charge < -0.3 is 4.84 Å². The Morgan fingerprint density at radius 1 is 1.19 bits per heavy atom. The third-order valence-corrected chi connectivity index (χ3v) is 1.88. The van der Waals surface area contributed by atoms with E-state index in [1.165, 1.54) is 12.1 Å². The predicted molar refractivity (Wildman–Crippen MR) is 55.1 cm³/mol. The summed E-state index contributed by atoms with van der Waals surface area (Å²) >= 11 is 0. The zero-order valence-electron chi connectivity index (χ0n) is 8.79. The van der Waals surface area contributed by atoms with Gasteiger partial charge in [-0.2, -0.15) is 13.2 Å². The molecule has 1 heterocycles. The minimum Gasteiger partial charge on any atom is -0.395 e. The molecule has 5 heteroatoms. The van der Waals surface area contributed by atoms with E-state index < -0.39 is 11.7 Å². The Hall–Kier alpha value is -1.52. The fraction of sp³-hybridized carbons (Fsp3) is 0.364. The van der Waals surface area contributed by atoms with Gasteiger partial charge >= 0.3 is 6.18 Å². The van der Waals surface area contributed by atoms with E-state index in [2.05, 4.69) is 9.99 Å². The normalized spacial score (nSPS) is 14.6. The highest BCUT2D eigenvalue weighted by Crippen LogP contribution is 2.28. The molecule has 0 bridgehead atoms. The topological polar surface area (TPSA) is 21.6 Å². The molecular formula is C11H12F3NO. The fourth-order valence-corrected chi connectivity index (χ4v) is 1.02. The molecule has 0 N–H and O–H groups in total. The number of alkyl halides is 3. The van der Waals surface area contributed by atoms with Crippen molar-refractivity contribution in [1.82, 2.24) is 0 Å². The van der Waals surface area contributed by atoms with E-state index >= 15 is 0 Å². The van der Waals surface area contributed by atoms with Crippen molar-refractivity contribution in [1.29, 1.82) is 0 Å². The quantitative estimate of drug-likeness (QED) is 0.669. The van der Waals surface area contributed by atoms with Gasteiger partial charge in [-0.1, -0.05) is 35.5 Å². The molecule has 1 aromatic rings. The van der Waals surface area contributed by atoms with Gasteiger partial charge in [0, 0.05) is 6.42 Å². The predicted octanol–water partition coefficient (Wildman–Crippen LogP) is 3.49. The first-order valence-electron chi connectivity index (χ1n) is 4.78. The maximum absolute atomic E-state index is 11.8. The van der Waals surface area contributed by atoms with Crippen LogP contribution in [0.4, 0.5) is 13.2 Å². The second-order valence-electron chi connectivity index (χ2n) is 3.27. The molecule has 2 rings (SSSR count). The lowest BCUT2D eigenvalue weighted by Gasteiger charge is -2.03. The standard InChI is InChI=1S/C7H5F3.C4H7NO/c8-7(9,10)6-4-2-1-3-5-6;1-4-2-3-6-5-4/h1-5H;2-3H2,1H3. The number of oxime groups is 1. The Morgan fingerprint density at radius 3 is 2.06 bits per heavy atom. The van der Waals surface area contributed by atoms with Gasteiger partial charge in [0.1, 0.15) is 6.61 Å². The number of benzene rings is 1. The van der Waals surface area contributed by atoms with Crippen LogP contribution in [-0.2, 0) is 11.0 Å². The summed E-state index contributed by atoms with van der Waals surface area (Å²) in [6, 6.07) is 6.36. The van der Waals surface area contributed by atoms with Crippen LogP contribution in [0.1, 0.15) is 18.9 Å². The van der Waals surface area contributed by atoms with Crippen LogP contribution in [0, 0.1) is 0 Å². The highest BCUT2D eigenvalue weighted by molar-refractivity contribution is 5.82. The van der Waals surface area contributed by atoms with E-state index in [9.17, 15) is 13.2 Å². The van der Waals surface area contributed by atoms with Crippen molar-refractivity contribution in [3.63, 3.8) is 0 Å². The minimum absolute atomic E-state index is 0.602. The Kier molecular flexibility index (Phi) is 4.34. The molecule has 0 unspecified atom stereocenters. The summed E-state index contributed by atoms with van der Waals surface area (Å²) < 4.78 is 35.4. The first-order chi connectivity index (χ1) is 7.50. The molecule has 88 valence electrons. The van der Waals surface area contributed by atoms with Crippen molar-refractivity contribution in [3.05, 3.63) is 35.9 Å². The number of hydrogen-bond donors (Lipinski definition) is 0. The molecular weight excluding hydrogens is 219 g/mol. The van der Waals surface area contributed by atoms with Gasteiger partial charge in [-0.05, 0) is 6.92 Å². The maximum Gasteiger partial charge on any atom is 0.416 e. The number of halogens is 3.